The third-order valence-electron chi connectivity index (χ3n) is 5.99. The lowest BCUT2D eigenvalue weighted by Crippen LogP contribution is -2.45. The summed E-state index contributed by atoms with van der Waals surface area (Å²) in [4.78, 5) is 37.9. The highest BCUT2D eigenvalue weighted by Gasteiger charge is 2.31. The normalized spacial score (nSPS) is 16.0. The molecular weight excluding hydrogens is 416 g/mol. The number of aryl methyl sites for hydroxylation is 1. The van der Waals surface area contributed by atoms with Gasteiger partial charge in [-0.15, -0.1) is 11.3 Å². The standard InChI is InChI=1S/C22H32N4O4S/c1-12(2)14(4)23-19(27)15-7-9-26(10-8-15)22(28)18-13(3)17-20(30-6)24-16(11-29-5)25-21(17)31-18/h12,14-15H,7-11H2,1-6H3,(H,23,27). The molecule has 1 atom stereocenters. The number of hydrogen-bond donors (Lipinski definition) is 1. The zero-order valence-corrected chi connectivity index (χ0v) is 20.0. The van der Waals surface area contributed by atoms with Gasteiger partial charge in [-0.05, 0) is 38.2 Å². The van der Waals surface area contributed by atoms with Crippen molar-refractivity contribution in [2.24, 2.45) is 11.8 Å². The molecule has 1 aliphatic heterocycles. The van der Waals surface area contributed by atoms with E-state index >= 15 is 0 Å². The predicted molar refractivity (Wildman–Crippen MR) is 120 cm³/mol. The number of nitrogens with zero attached hydrogens (tertiary/aromatic N) is 3. The zero-order valence-electron chi connectivity index (χ0n) is 19.2. The summed E-state index contributed by atoms with van der Waals surface area (Å²) in [5.41, 5.74) is 0.830. The molecule has 31 heavy (non-hydrogen) atoms. The summed E-state index contributed by atoms with van der Waals surface area (Å²) >= 11 is 1.36. The molecule has 3 rings (SSSR count). The maximum Gasteiger partial charge on any atom is 0.264 e. The van der Waals surface area contributed by atoms with Gasteiger partial charge in [0.15, 0.2) is 5.82 Å². The molecule has 1 N–H and O–H groups in total. The number of carbonyl (C=O) groups is 2. The number of methoxy groups -OCH3 is 2. The zero-order chi connectivity index (χ0) is 22.7. The molecule has 0 bridgehead atoms. The third kappa shape index (κ3) is 4.98. The van der Waals surface area contributed by atoms with Crippen LogP contribution in [0.15, 0.2) is 0 Å². The Morgan fingerprint density at radius 1 is 1.19 bits per heavy atom. The molecule has 2 aromatic rings. The first-order valence-electron chi connectivity index (χ1n) is 10.7. The molecule has 2 aromatic heterocycles. The molecule has 9 heteroatoms. The van der Waals surface area contributed by atoms with Gasteiger partial charge in [-0.25, -0.2) is 4.98 Å². The van der Waals surface area contributed by atoms with E-state index in [1.807, 2.05) is 18.7 Å². The minimum absolute atomic E-state index is 0.0229. The van der Waals surface area contributed by atoms with Crippen molar-refractivity contribution in [2.75, 3.05) is 27.3 Å². The minimum atomic E-state index is -0.0451. The van der Waals surface area contributed by atoms with Crippen LogP contribution in [-0.2, 0) is 16.1 Å². The van der Waals surface area contributed by atoms with Gasteiger partial charge in [-0.1, -0.05) is 13.8 Å². The van der Waals surface area contributed by atoms with Crippen LogP contribution in [0.2, 0.25) is 0 Å². The average molecular weight is 449 g/mol. The molecule has 0 aliphatic carbocycles. The number of thiophene rings is 1. The largest absolute Gasteiger partial charge is 0.480 e. The fraction of sp³-hybridized carbons (Fsp3) is 0.636. The van der Waals surface area contributed by atoms with Crippen LogP contribution in [0.5, 0.6) is 5.88 Å². The van der Waals surface area contributed by atoms with Gasteiger partial charge in [0.1, 0.15) is 11.4 Å². The molecule has 0 radical (unpaired) electrons. The lowest BCUT2D eigenvalue weighted by molar-refractivity contribution is -0.127. The molecule has 1 fully saturated rings. The first-order chi connectivity index (χ1) is 14.8. The number of nitrogens with one attached hydrogen (secondary N) is 1. The second-order valence-corrected chi connectivity index (χ2v) is 9.43. The fourth-order valence-electron chi connectivity index (χ4n) is 3.69. The van der Waals surface area contributed by atoms with Gasteiger partial charge in [0.2, 0.25) is 11.8 Å². The molecule has 3 heterocycles. The van der Waals surface area contributed by atoms with Gasteiger partial charge in [-0.2, -0.15) is 4.98 Å². The van der Waals surface area contributed by atoms with Crippen LogP contribution in [0.1, 0.15) is 54.7 Å². The van der Waals surface area contributed by atoms with Crippen molar-refractivity contribution in [3.63, 3.8) is 0 Å². The van der Waals surface area contributed by atoms with Crippen LogP contribution < -0.4 is 10.1 Å². The second kappa shape index (κ2) is 9.91. The first kappa shape index (κ1) is 23.4. The molecule has 1 saturated heterocycles. The van der Waals surface area contributed by atoms with Crippen LogP contribution in [0.25, 0.3) is 10.2 Å². The number of amides is 2. The Kier molecular flexibility index (Phi) is 7.48. The Morgan fingerprint density at radius 2 is 1.87 bits per heavy atom. The van der Waals surface area contributed by atoms with Gasteiger partial charge < -0.3 is 19.7 Å². The van der Waals surface area contributed by atoms with E-state index in [4.69, 9.17) is 9.47 Å². The summed E-state index contributed by atoms with van der Waals surface area (Å²) in [6.45, 7) is 9.53. The van der Waals surface area contributed by atoms with E-state index in [1.54, 1.807) is 14.2 Å². The Bertz CT molecular complexity index is 951. The maximum absolute atomic E-state index is 13.3. The number of carbonyl (C=O) groups excluding carboxylic acids is 2. The topological polar surface area (TPSA) is 93.7 Å². The van der Waals surface area contributed by atoms with Crippen molar-refractivity contribution in [3.05, 3.63) is 16.3 Å². The lowest BCUT2D eigenvalue weighted by Gasteiger charge is -2.32. The van der Waals surface area contributed by atoms with Crippen molar-refractivity contribution in [2.45, 2.75) is 53.2 Å². The van der Waals surface area contributed by atoms with Crippen LogP contribution in [0.3, 0.4) is 0 Å². The highest BCUT2D eigenvalue weighted by molar-refractivity contribution is 7.20. The van der Waals surface area contributed by atoms with E-state index in [0.717, 1.165) is 15.8 Å². The van der Waals surface area contributed by atoms with Gasteiger partial charge in [0.05, 0.1) is 17.4 Å². The molecule has 0 spiro atoms. The number of rotatable bonds is 7. The summed E-state index contributed by atoms with van der Waals surface area (Å²) in [5.74, 6) is 1.40. The summed E-state index contributed by atoms with van der Waals surface area (Å²) in [6, 6.07) is 0.146. The molecule has 1 unspecified atom stereocenters. The smallest absolute Gasteiger partial charge is 0.264 e. The quantitative estimate of drug-likeness (QED) is 0.699. The highest BCUT2D eigenvalue weighted by Crippen LogP contribution is 2.36. The molecular formula is C22H32N4O4S. The lowest BCUT2D eigenvalue weighted by atomic mass is 9.94. The molecule has 0 saturated carbocycles. The van der Waals surface area contributed by atoms with E-state index in [1.165, 1.54) is 11.3 Å². The summed E-state index contributed by atoms with van der Waals surface area (Å²) in [7, 11) is 3.15. The van der Waals surface area contributed by atoms with Gasteiger partial charge in [0, 0.05) is 32.2 Å². The average Bonchev–Trinajstić information content (AvgIpc) is 3.09. The minimum Gasteiger partial charge on any atom is -0.480 e. The highest BCUT2D eigenvalue weighted by atomic mass is 32.1. The van der Waals surface area contributed by atoms with E-state index in [2.05, 4.69) is 29.1 Å². The Morgan fingerprint density at radius 3 is 2.45 bits per heavy atom. The number of likely N-dealkylation sites (tertiary alicyclic amines) is 1. The second-order valence-electron chi connectivity index (χ2n) is 8.43. The summed E-state index contributed by atoms with van der Waals surface area (Å²) < 4.78 is 10.6. The van der Waals surface area contributed by atoms with Crippen molar-refractivity contribution in [1.82, 2.24) is 20.2 Å². The summed E-state index contributed by atoms with van der Waals surface area (Å²) in [6.07, 6.45) is 1.35. The Balaban J connectivity index is 1.74. The third-order valence-corrected chi connectivity index (χ3v) is 7.16. The van der Waals surface area contributed by atoms with E-state index < -0.39 is 0 Å². The van der Waals surface area contributed by atoms with E-state index in [9.17, 15) is 9.59 Å². The number of hydrogen-bond acceptors (Lipinski definition) is 7. The maximum atomic E-state index is 13.3. The number of aromatic nitrogens is 2. The predicted octanol–water partition coefficient (Wildman–Crippen LogP) is 3.17. The van der Waals surface area contributed by atoms with Crippen LogP contribution in [-0.4, -0.2) is 60.0 Å². The number of piperidine rings is 1. The summed E-state index contributed by atoms with van der Waals surface area (Å²) in [5, 5.41) is 3.87. The Hall–Kier alpha value is -2.26. The molecule has 170 valence electrons. The van der Waals surface area contributed by atoms with Gasteiger partial charge in [-0.3, -0.25) is 9.59 Å². The fourth-order valence-corrected chi connectivity index (χ4v) is 4.85. The number of ether oxygens (including phenoxy) is 2. The van der Waals surface area contributed by atoms with Gasteiger partial charge in [0.25, 0.3) is 5.91 Å². The van der Waals surface area contributed by atoms with Crippen molar-refractivity contribution < 1.29 is 19.1 Å². The van der Waals surface area contributed by atoms with Crippen LogP contribution >= 0.6 is 11.3 Å². The monoisotopic (exact) mass is 448 g/mol. The van der Waals surface area contributed by atoms with Crippen molar-refractivity contribution in [3.8, 4) is 5.88 Å². The molecule has 0 aromatic carbocycles. The molecule has 2 amide bonds. The van der Waals surface area contributed by atoms with Crippen LogP contribution in [0, 0.1) is 18.8 Å². The van der Waals surface area contributed by atoms with E-state index in [-0.39, 0.29) is 30.4 Å². The SMILES string of the molecule is COCc1nc(OC)c2c(C)c(C(=O)N3CCC(C(=O)NC(C)C(C)C)CC3)sc2n1. The van der Waals surface area contributed by atoms with Gasteiger partial charge >= 0.3 is 0 Å². The van der Waals surface area contributed by atoms with E-state index in [0.29, 0.717) is 48.4 Å². The number of fused-ring (bicyclic) bond motifs is 1. The molecule has 8 nitrogen and oxygen atoms in total. The first-order valence-corrected chi connectivity index (χ1v) is 11.5. The Labute approximate surface area is 187 Å². The molecule has 1 aliphatic rings. The van der Waals surface area contributed by atoms with Crippen molar-refractivity contribution >= 4 is 33.4 Å². The van der Waals surface area contributed by atoms with Crippen molar-refractivity contribution in [1.29, 1.82) is 0 Å². The van der Waals surface area contributed by atoms with Crippen LogP contribution in [0.4, 0.5) is 0 Å².